The number of benzene rings is 1. The van der Waals surface area contributed by atoms with Gasteiger partial charge in [0, 0.05) is 25.3 Å². The molecule has 11 nitrogen and oxygen atoms in total. The number of methoxy groups -OCH3 is 1. The van der Waals surface area contributed by atoms with Gasteiger partial charge in [0.2, 0.25) is 11.8 Å². The summed E-state index contributed by atoms with van der Waals surface area (Å²) in [5, 5.41) is 3.24. The first kappa shape index (κ1) is 31.7. The molecule has 4 heterocycles. The quantitative estimate of drug-likeness (QED) is 0.239. The van der Waals surface area contributed by atoms with E-state index in [2.05, 4.69) is 10.3 Å². The SMILES string of the molecule is CCCNC(=O)C(C)(CC)n1c(=O)c2c(C)c(-c3ncco3)sc2n(C[C@H](OC2CCOCC2)c2ccccc2OC)c1=O. The van der Waals surface area contributed by atoms with Gasteiger partial charge in [0.1, 0.15) is 28.5 Å². The van der Waals surface area contributed by atoms with Gasteiger partial charge in [-0.3, -0.25) is 14.2 Å². The molecule has 44 heavy (non-hydrogen) atoms. The minimum absolute atomic E-state index is 0.0781. The summed E-state index contributed by atoms with van der Waals surface area (Å²) in [5.74, 6) is 0.599. The average Bonchev–Trinajstić information content (AvgIpc) is 3.69. The van der Waals surface area contributed by atoms with Crippen LogP contribution in [0.1, 0.15) is 63.7 Å². The number of carbonyl (C=O) groups is 1. The normalized spacial score (nSPS) is 16.1. The molecule has 236 valence electrons. The van der Waals surface area contributed by atoms with E-state index in [1.807, 2.05) is 38.1 Å². The van der Waals surface area contributed by atoms with Crippen LogP contribution in [0.25, 0.3) is 21.0 Å². The molecule has 4 aromatic rings. The zero-order chi connectivity index (χ0) is 31.4. The summed E-state index contributed by atoms with van der Waals surface area (Å²) in [5.41, 5.74) is -1.14. The molecule has 1 aliphatic heterocycles. The van der Waals surface area contributed by atoms with E-state index in [0.717, 1.165) is 16.6 Å². The Morgan fingerprint density at radius 2 is 1.98 bits per heavy atom. The fourth-order valence-electron chi connectivity index (χ4n) is 5.69. The third kappa shape index (κ3) is 5.85. The predicted molar refractivity (Wildman–Crippen MR) is 168 cm³/mol. The van der Waals surface area contributed by atoms with Gasteiger partial charge in [0.05, 0.1) is 36.2 Å². The average molecular weight is 625 g/mol. The van der Waals surface area contributed by atoms with Gasteiger partial charge in [-0.1, -0.05) is 32.0 Å². The van der Waals surface area contributed by atoms with Crippen LogP contribution >= 0.6 is 11.3 Å². The number of carbonyl (C=O) groups excluding carboxylic acids is 1. The highest BCUT2D eigenvalue weighted by Crippen LogP contribution is 2.38. The van der Waals surface area contributed by atoms with Gasteiger partial charge >= 0.3 is 5.69 Å². The maximum absolute atomic E-state index is 14.6. The van der Waals surface area contributed by atoms with Crippen molar-refractivity contribution in [1.29, 1.82) is 0 Å². The molecule has 12 heteroatoms. The van der Waals surface area contributed by atoms with Crippen molar-refractivity contribution in [3.63, 3.8) is 0 Å². The molecule has 1 fully saturated rings. The van der Waals surface area contributed by atoms with Crippen LogP contribution in [-0.2, 0) is 26.4 Å². The Morgan fingerprint density at radius 1 is 1.23 bits per heavy atom. The minimum Gasteiger partial charge on any atom is -0.496 e. The summed E-state index contributed by atoms with van der Waals surface area (Å²) in [6.45, 7) is 8.89. The summed E-state index contributed by atoms with van der Waals surface area (Å²) in [4.78, 5) is 47.9. The highest BCUT2D eigenvalue weighted by molar-refractivity contribution is 7.22. The van der Waals surface area contributed by atoms with Crippen LogP contribution in [0.5, 0.6) is 5.75 Å². The van der Waals surface area contributed by atoms with Crippen molar-refractivity contribution in [2.75, 3.05) is 26.9 Å². The van der Waals surface area contributed by atoms with Crippen molar-refractivity contribution < 1.29 is 23.4 Å². The number of ether oxygens (including phenoxy) is 3. The second kappa shape index (κ2) is 13.5. The van der Waals surface area contributed by atoms with E-state index < -0.39 is 22.9 Å². The fraction of sp³-hybridized carbons (Fsp3) is 0.500. The number of rotatable bonds is 12. The summed E-state index contributed by atoms with van der Waals surface area (Å²) in [7, 11) is 1.60. The maximum Gasteiger partial charge on any atom is 0.333 e. The summed E-state index contributed by atoms with van der Waals surface area (Å²) < 4.78 is 26.3. The molecule has 1 aliphatic rings. The number of hydrogen-bond donors (Lipinski definition) is 1. The molecule has 0 bridgehead atoms. The lowest BCUT2D eigenvalue weighted by Crippen LogP contribution is -2.57. The number of oxazole rings is 1. The van der Waals surface area contributed by atoms with Crippen molar-refractivity contribution in [3.8, 4) is 16.5 Å². The van der Waals surface area contributed by atoms with E-state index >= 15 is 0 Å². The van der Waals surface area contributed by atoms with Crippen LogP contribution in [0.2, 0.25) is 0 Å². The fourth-order valence-corrected chi connectivity index (χ4v) is 6.93. The minimum atomic E-state index is -1.43. The smallest absolute Gasteiger partial charge is 0.333 e. The first-order chi connectivity index (χ1) is 21.2. The van der Waals surface area contributed by atoms with Gasteiger partial charge in [-0.05, 0) is 51.2 Å². The zero-order valence-corrected chi connectivity index (χ0v) is 26.7. The van der Waals surface area contributed by atoms with Crippen molar-refractivity contribution in [3.05, 3.63) is 68.7 Å². The third-order valence-corrected chi connectivity index (χ3v) is 9.71. The number of thiophene rings is 1. The summed E-state index contributed by atoms with van der Waals surface area (Å²) >= 11 is 1.27. The van der Waals surface area contributed by atoms with E-state index in [-0.39, 0.29) is 25.0 Å². The first-order valence-corrected chi connectivity index (χ1v) is 15.9. The van der Waals surface area contributed by atoms with Gasteiger partial charge in [-0.15, -0.1) is 11.3 Å². The van der Waals surface area contributed by atoms with Gasteiger partial charge in [0.15, 0.2) is 0 Å². The Morgan fingerprint density at radius 3 is 2.64 bits per heavy atom. The van der Waals surface area contributed by atoms with Gasteiger partial charge in [-0.2, -0.15) is 0 Å². The van der Waals surface area contributed by atoms with Gasteiger partial charge in [-0.25, -0.2) is 14.3 Å². The molecule has 1 N–H and O–H groups in total. The van der Waals surface area contributed by atoms with E-state index in [1.165, 1.54) is 23.8 Å². The van der Waals surface area contributed by atoms with E-state index in [4.69, 9.17) is 18.6 Å². The third-order valence-electron chi connectivity index (χ3n) is 8.40. The van der Waals surface area contributed by atoms with E-state index in [1.54, 1.807) is 25.5 Å². The number of hydrogen-bond acceptors (Lipinski definition) is 9. The van der Waals surface area contributed by atoms with E-state index in [9.17, 15) is 14.4 Å². The molecule has 5 rings (SSSR count). The van der Waals surface area contributed by atoms with E-state index in [0.29, 0.717) is 64.9 Å². The Labute approximate surface area is 259 Å². The highest BCUT2D eigenvalue weighted by Gasteiger charge is 2.39. The van der Waals surface area contributed by atoms with Crippen molar-refractivity contribution in [1.82, 2.24) is 19.4 Å². The van der Waals surface area contributed by atoms with Crippen molar-refractivity contribution in [2.45, 2.75) is 77.7 Å². The van der Waals surface area contributed by atoms with Gasteiger partial charge < -0.3 is 23.9 Å². The number of aryl methyl sites for hydroxylation is 1. The molecular formula is C32H40N4O7S. The molecule has 0 spiro atoms. The second-order valence-corrected chi connectivity index (χ2v) is 12.2. The number of para-hydroxylation sites is 1. The largest absolute Gasteiger partial charge is 0.496 e. The van der Waals surface area contributed by atoms with Crippen LogP contribution in [0.15, 0.2) is 50.7 Å². The van der Waals surface area contributed by atoms with Crippen LogP contribution < -0.4 is 21.3 Å². The van der Waals surface area contributed by atoms with Crippen LogP contribution in [0, 0.1) is 6.92 Å². The lowest BCUT2D eigenvalue weighted by Gasteiger charge is -2.31. The molecular weight excluding hydrogens is 584 g/mol. The standard InChI is InChI=1S/C32H40N4O7S/c1-6-14-34-30(38)32(4,7-2)36-28(37)25-20(3)26(27-33-15-18-42-27)44-29(25)35(31(36)39)19-24(43-21-12-16-41-17-13-21)22-10-8-9-11-23(22)40-5/h8-11,15,18,21,24H,6-7,12-14,16-17,19H2,1-5H3,(H,34,38)/t24-,32?/m0/s1. The number of aromatic nitrogens is 3. The molecule has 2 atom stereocenters. The Balaban J connectivity index is 1.76. The monoisotopic (exact) mass is 624 g/mol. The molecule has 0 radical (unpaired) electrons. The molecule has 0 saturated carbocycles. The number of fused-ring (bicyclic) bond motifs is 1. The first-order valence-electron chi connectivity index (χ1n) is 15.1. The maximum atomic E-state index is 14.6. The Kier molecular flexibility index (Phi) is 9.72. The molecule has 0 aliphatic carbocycles. The second-order valence-electron chi connectivity index (χ2n) is 11.2. The Hall–Kier alpha value is -3.74. The lowest BCUT2D eigenvalue weighted by atomic mass is 9.96. The highest BCUT2D eigenvalue weighted by atomic mass is 32.1. The number of amides is 1. The van der Waals surface area contributed by atoms with Crippen LogP contribution in [-0.4, -0.2) is 53.0 Å². The predicted octanol–water partition coefficient (Wildman–Crippen LogP) is 4.79. The summed E-state index contributed by atoms with van der Waals surface area (Å²) in [6, 6.07) is 7.56. The van der Waals surface area contributed by atoms with Crippen LogP contribution in [0.3, 0.4) is 0 Å². The molecule has 1 unspecified atom stereocenters. The van der Waals surface area contributed by atoms with Crippen molar-refractivity contribution >= 4 is 27.5 Å². The molecule has 3 aromatic heterocycles. The number of nitrogens with zero attached hydrogens (tertiary/aromatic N) is 3. The van der Waals surface area contributed by atoms with Crippen LogP contribution in [0.4, 0.5) is 0 Å². The van der Waals surface area contributed by atoms with Crippen molar-refractivity contribution in [2.24, 2.45) is 0 Å². The summed E-state index contributed by atoms with van der Waals surface area (Å²) in [6.07, 6.45) is 4.69. The van der Waals surface area contributed by atoms with Gasteiger partial charge in [0.25, 0.3) is 5.56 Å². The Bertz CT molecular complexity index is 1720. The number of nitrogens with one attached hydrogen (secondary N) is 1. The molecule has 1 aromatic carbocycles. The molecule has 1 saturated heterocycles. The zero-order valence-electron chi connectivity index (χ0n) is 25.9. The molecule has 1 amide bonds. The topological polar surface area (TPSA) is 127 Å². The lowest BCUT2D eigenvalue weighted by molar-refractivity contribution is -0.129.